The minimum atomic E-state index is -0.262. The smallest absolute Gasteiger partial charge is 0.241 e. The molecule has 1 aliphatic rings. The van der Waals surface area contributed by atoms with Gasteiger partial charge in [-0.3, -0.25) is 10.1 Å². The number of fused-ring (bicyclic) bond motifs is 1. The minimum absolute atomic E-state index is 0.0476. The third-order valence-corrected chi connectivity index (χ3v) is 6.50. The number of carbonyl (C=O) groups excluding carboxylic acids is 1. The molecule has 0 bridgehead atoms. The lowest BCUT2D eigenvalue weighted by Gasteiger charge is -2.29. The molecule has 3 aromatic rings. The van der Waals surface area contributed by atoms with Gasteiger partial charge in [0.2, 0.25) is 5.91 Å². The van der Waals surface area contributed by atoms with E-state index < -0.39 is 0 Å². The Morgan fingerprint density at radius 1 is 1.11 bits per heavy atom. The third kappa shape index (κ3) is 4.08. The van der Waals surface area contributed by atoms with Crippen LogP contribution in [0, 0.1) is 5.82 Å². The summed E-state index contributed by atoms with van der Waals surface area (Å²) >= 11 is 3.40. The number of hydrogen-bond donors (Lipinski definition) is 1. The highest BCUT2D eigenvalue weighted by atomic mass is 32.2. The van der Waals surface area contributed by atoms with Crippen molar-refractivity contribution in [1.29, 1.82) is 0 Å². The maximum atomic E-state index is 13.3. The normalized spacial score (nSPS) is 14.6. The Hall–Kier alpha value is -2.15. The van der Waals surface area contributed by atoms with Gasteiger partial charge in [0.1, 0.15) is 5.82 Å². The van der Waals surface area contributed by atoms with Gasteiger partial charge in [0.25, 0.3) is 0 Å². The lowest BCUT2D eigenvalue weighted by Crippen LogP contribution is -2.42. The molecule has 0 unspecified atom stereocenters. The summed E-state index contributed by atoms with van der Waals surface area (Å²) in [6.45, 7) is 0.932. The number of amides is 1. The molecule has 0 radical (unpaired) electrons. The summed E-state index contributed by atoms with van der Waals surface area (Å²) in [5, 5.41) is 5.38. The van der Waals surface area contributed by atoms with Crippen LogP contribution in [0.1, 0.15) is 16.5 Å². The Balaban J connectivity index is 1.51. The van der Waals surface area contributed by atoms with Crippen molar-refractivity contribution in [1.82, 2.24) is 5.32 Å². The van der Waals surface area contributed by atoms with Gasteiger partial charge in [0.15, 0.2) is 0 Å². The first kappa shape index (κ1) is 18.2. The summed E-state index contributed by atoms with van der Waals surface area (Å²) in [4.78, 5) is 17.0. The highest BCUT2D eigenvalue weighted by molar-refractivity contribution is 7.99. The van der Waals surface area contributed by atoms with Crippen LogP contribution in [0.4, 0.5) is 10.1 Å². The van der Waals surface area contributed by atoms with Crippen molar-refractivity contribution in [3.63, 3.8) is 0 Å². The molecule has 1 N–H and O–H groups in total. The van der Waals surface area contributed by atoms with Gasteiger partial charge in [-0.2, -0.15) is 0 Å². The molecule has 0 saturated carbocycles. The second-order valence-corrected chi connectivity index (χ2v) is 8.36. The van der Waals surface area contributed by atoms with E-state index in [1.54, 1.807) is 35.2 Å². The molecular formula is C21H19FN2OS2. The van der Waals surface area contributed by atoms with Gasteiger partial charge >= 0.3 is 0 Å². The zero-order valence-electron chi connectivity index (χ0n) is 14.6. The van der Waals surface area contributed by atoms with Crippen LogP contribution in [0.2, 0.25) is 0 Å². The monoisotopic (exact) mass is 398 g/mol. The molecule has 2 aromatic carbocycles. The van der Waals surface area contributed by atoms with Crippen molar-refractivity contribution in [2.75, 3.05) is 23.7 Å². The van der Waals surface area contributed by atoms with Crippen LogP contribution in [-0.4, -0.2) is 24.7 Å². The molecular weight excluding hydrogens is 379 g/mol. The number of anilines is 1. The van der Waals surface area contributed by atoms with Crippen molar-refractivity contribution in [2.24, 2.45) is 0 Å². The lowest BCUT2D eigenvalue weighted by molar-refractivity contribution is -0.117. The molecule has 2 heterocycles. The lowest BCUT2D eigenvalue weighted by atomic mass is 10.1. The van der Waals surface area contributed by atoms with E-state index in [1.807, 2.05) is 40.6 Å². The maximum Gasteiger partial charge on any atom is 0.241 e. The van der Waals surface area contributed by atoms with E-state index in [9.17, 15) is 9.18 Å². The first-order valence-electron chi connectivity index (χ1n) is 8.77. The Bertz CT molecular complexity index is 912. The number of carbonyl (C=O) groups is 1. The maximum absolute atomic E-state index is 13.3. The SMILES string of the molecule is O=C(CN[C@H](c1ccc(F)cc1)c1cccs1)N1CCSc2ccccc21. The Morgan fingerprint density at radius 3 is 2.70 bits per heavy atom. The van der Waals surface area contributed by atoms with E-state index in [0.29, 0.717) is 6.54 Å². The fourth-order valence-corrected chi connectivity index (χ4v) is 5.03. The molecule has 0 aliphatic carbocycles. The van der Waals surface area contributed by atoms with Crippen LogP contribution in [-0.2, 0) is 4.79 Å². The molecule has 1 aromatic heterocycles. The van der Waals surface area contributed by atoms with Crippen LogP contribution in [0.5, 0.6) is 0 Å². The van der Waals surface area contributed by atoms with E-state index in [4.69, 9.17) is 0 Å². The number of benzene rings is 2. The van der Waals surface area contributed by atoms with Crippen molar-refractivity contribution >= 4 is 34.7 Å². The van der Waals surface area contributed by atoms with Crippen LogP contribution in [0.15, 0.2) is 70.9 Å². The van der Waals surface area contributed by atoms with Crippen LogP contribution < -0.4 is 10.2 Å². The first-order chi connectivity index (χ1) is 13.2. The average molecular weight is 399 g/mol. The quantitative estimate of drug-likeness (QED) is 0.676. The number of para-hydroxylation sites is 1. The zero-order chi connectivity index (χ0) is 18.6. The van der Waals surface area contributed by atoms with Gasteiger partial charge in [0, 0.05) is 22.1 Å². The zero-order valence-corrected chi connectivity index (χ0v) is 16.2. The number of hydrogen-bond acceptors (Lipinski definition) is 4. The van der Waals surface area contributed by atoms with Gasteiger partial charge < -0.3 is 4.90 Å². The summed E-state index contributed by atoms with van der Waals surface area (Å²) < 4.78 is 13.3. The van der Waals surface area contributed by atoms with Crippen LogP contribution >= 0.6 is 23.1 Å². The summed E-state index contributed by atoms with van der Waals surface area (Å²) in [6.07, 6.45) is 0. The van der Waals surface area contributed by atoms with E-state index in [2.05, 4.69) is 11.4 Å². The van der Waals surface area contributed by atoms with Crippen molar-refractivity contribution < 1.29 is 9.18 Å². The number of halogens is 1. The molecule has 0 fully saturated rings. The molecule has 27 heavy (non-hydrogen) atoms. The molecule has 4 rings (SSSR count). The fraction of sp³-hybridized carbons (Fsp3) is 0.190. The highest BCUT2D eigenvalue weighted by Crippen LogP contribution is 2.34. The summed E-state index contributed by atoms with van der Waals surface area (Å²) in [7, 11) is 0. The van der Waals surface area contributed by atoms with Gasteiger partial charge in [-0.05, 0) is 41.3 Å². The molecule has 138 valence electrons. The van der Waals surface area contributed by atoms with E-state index in [1.165, 1.54) is 12.1 Å². The van der Waals surface area contributed by atoms with Crippen molar-refractivity contribution in [2.45, 2.75) is 10.9 Å². The Kier molecular flexibility index (Phi) is 5.57. The predicted octanol–water partition coefficient (Wildman–Crippen LogP) is 4.71. The van der Waals surface area contributed by atoms with Crippen molar-refractivity contribution in [3.05, 3.63) is 82.3 Å². The highest BCUT2D eigenvalue weighted by Gasteiger charge is 2.24. The molecule has 3 nitrogen and oxygen atoms in total. The molecule has 0 saturated heterocycles. The molecule has 1 aliphatic heterocycles. The van der Waals surface area contributed by atoms with Gasteiger partial charge in [-0.25, -0.2) is 4.39 Å². The number of nitrogens with zero attached hydrogens (tertiary/aromatic N) is 1. The topological polar surface area (TPSA) is 32.3 Å². The number of nitrogens with one attached hydrogen (secondary N) is 1. The molecule has 1 amide bonds. The van der Waals surface area contributed by atoms with Crippen LogP contribution in [0.3, 0.4) is 0 Å². The summed E-state index contributed by atoms with van der Waals surface area (Å²) in [6, 6.07) is 18.3. The van der Waals surface area contributed by atoms with Crippen molar-refractivity contribution in [3.8, 4) is 0 Å². The van der Waals surface area contributed by atoms with Gasteiger partial charge in [-0.15, -0.1) is 23.1 Å². The third-order valence-electron chi connectivity index (χ3n) is 4.52. The van der Waals surface area contributed by atoms with Gasteiger partial charge in [0.05, 0.1) is 18.3 Å². The average Bonchev–Trinajstić information content (AvgIpc) is 3.23. The standard InChI is InChI=1S/C21H19FN2OS2/c22-16-9-7-15(8-10-16)21(19-6-3-12-26-19)23-14-20(25)24-11-13-27-18-5-2-1-4-17(18)24/h1-10,12,21,23H,11,13-14H2/t21-/m1/s1. The van der Waals surface area contributed by atoms with Gasteiger partial charge in [-0.1, -0.05) is 30.3 Å². The molecule has 6 heteroatoms. The van der Waals surface area contributed by atoms with Crippen LogP contribution in [0.25, 0.3) is 0 Å². The summed E-state index contributed by atoms with van der Waals surface area (Å²) in [5.41, 5.74) is 1.93. The number of rotatable bonds is 5. The second kappa shape index (κ2) is 8.25. The minimum Gasteiger partial charge on any atom is -0.309 e. The van der Waals surface area contributed by atoms with E-state index in [-0.39, 0.29) is 24.3 Å². The Morgan fingerprint density at radius 2 is 1.93 bits per heavy atom. The van der Waals surface area contributed by atoms with E-state index >= 15 is 0 Å². The first-order valence-corrected chi connectivity index (χ1v) is 10.6. The fourth-order valence-electron chi connectivity index (χ4n) is 3.21. The number of thiophene rings is 1. The molecule has 1 atom stereocenters. The number of thioether (sulfide) groups is 1. The largest absolute Gasteiger partial charge is 0.309 e. The Labute approximate surface area is 166 Å². The summed E-state index contributed by atoms with van der Waals surface area (Å²) in [5.74, 6) is 0.684. The van der Waals surface area contributed by atoms with E-state index in [0.717, 1.165) is 26.8 Å². The second-order valence-electron chi connectivity index (χ2n) is 6.24. The predicted molar refractivity (Wildman–Crippen MR) is 110 cm³/mol. The molecule has 0 spiro atoms.